The van der Waals surface area contributed by atoms with E-state index < -0.39 is 24.3 Å². The Morgan fingerprint density at radius 3 is 2.43 bits per heavy atom. The second-order valence-electron chi connectivity index (χ2n) is 9.97. The number of rotatable bonds is 15. The highest BCUT2D eigenvalue weighted by Crippen LogP contribution is 2.35. The summed E-state index contributed by atoms with van der Waals surface area (Å²) in [6, 6.07) is 16.6. The number of hydrogen-bond acceptors (Lipinski definition) is 10. The van der Waals surface area contributed by atoms with Gasteiger partial charge in [-0.25, -0.2) is 9.59 Å². The highest BCUT2D eigenvalue weighted by molar-refractivity contribution is 6.30. The molecule has 13 heteroatoms. The van der Waals surface area contributed by atoms with Crippen LogP contribution in [-0.2, 0) is 16.1 Å². The maximum Gasteiger partial charge on any atom is 0.337 e. The molecular weight excluding hydrogens is 616 g/mol. The number of nitrogens with zero attached hydrogens (tertiary/aromatic N) is 1. The number of allylic oxidation sites excluding steroid dienone is 1. The Kier molecular flexibility index (Phi) is 12.1. The van der Waals surface area contributed by atoms with E-state index >= 15 is 0 Å². The first-order valence-electron chi connectivity index (χ1n) is 14.6. The van der Waals surface area contributed by atoms with Crippen LogP contribution in [0.3, 0.4) is 0 Å². The molecule has 0 fully saturated rings. The van der Waals surface area contributed by atoms with Gasteiger partial charge in [0.1, 0.15) is 13.2 Å². The van der Waals surface area contributed by atoms with Crippen LogP contribution in [0.5, 0.6) is 23.0 Å². The van der Waals surface area contributed by atoms with Crippen molar-refractivity contribution >= 4 is 29.8 Å². The van der Waals surface area contributed by atoms with Gasteiger partial charge in [-0.15, -0.1) is 0 Å². The summed E-state index contributed by atoms with van der Waals surface area (Å²) in [7, 11) is 1.27. The lowest BCUT2D eigenvalue weighted by Crippen LogP contribution is -2.45. The van der Waals surface area contributed by atoms with Gasteiger partial charge in [0, 0.05) is 10.7 Å². The molecule has 2 atom stereocenters. The van der Waals surface area contributed by atoms with Gasteiger partial charge >= 0.3 is 12.0 Å². The number of methoxy groups -OCH3 is 1. The molecule has 0 aromatic heterocycles. The van der Waals surface area contributed by atoms with Crippen molar-refractivity contribution in [3.8, 4) is 23.0 Å². The number of benzene rings is 3. The van der Waals surface area contributed by atoms with E-state index in [9.17, 15) is 14.7 Å². The number of aliphatic hydroxyl groups is 1. The Morgan fingerprint density at radius 2 is 1.72 bits per heavy atom. The predicted molar refractivity (Wildman–Crippen MR) is 172 cm³/mol. The van der Waals surface area contributed by atoms with Crippen LogP contribution >= 0.6 is 11.6 Å². The first kappa shape index (κ1) is 33.9. The summed E-state index contributed by atoms with van der Waals surface area (Å²) in [4.78, 5) is 24.6. The van der Waals surface area contributed by atoms with Crippen molar-refractivity contribution < 1.29 is 38.4 Å². The molecule has 0 aliphatic carbocycles. The summed E-state index contributed by atoms with van der Waals surface area (Å²) in [6.07, 6.45) is 0.381. The van der Waals surface area contributed by atoms with Gasteiger partial charge in [-0.05, 0) is 79.9 Å². The van der Waals surface area contributed by atoms with Crippen LogP contribution in [0.1, 0.15) is 43.5 Å². The summed E-state index contributed by atoms with van der Waals surface area (Å²) < 4.78 is 28.2. The molecule has 0 bridgehead atoms. The van der Waals surface area contributed by atoms with Gasteiger partial charge in [0.15, 0.2) is 29.2 Å². The molecule has 0 saturated carbocycles. The van der Waals surface area contributed by atoms with E-state index in [1.165, 1.54) is 13.3 Å². The number of ether oxygens (including phenoxy) is 5. The second kappa shape index (κ2) is 16.4. The molecule has 4 rings (SSSR count). The molecule has 12 nitrogen and oxygen atoms in total. The van der Waals surface area contributed by atoms with Gasteiger partial charge in [0.05, 0.1) is 38.2 Å². The number of carbonyl (C=O) groups excluding carboxylic acids is 2. The number of halogens is 1. The van der Waals surface area contributed by atoms with Gasteiger partial charge in [-0.1, -0.05) is 29.8 Å². The second-order valence-corrected chi connectivity index (χ2v) is 10.4. The molecule has 3 aromatic carbocycles. The molecular formula is C33H37ClN4O8. The smallest absolute Gasteiger partial charge is 0.337 e. The lowest BCUT2D eigenvalue weighted by molar-refractivity contribution is -0.136. The predicted octanol–water partition coefficient (Wildman–Crippen LogP) is 4.84. The Hall–Kier alpha value is -4.94. The minimum Gasteiger partial charge on any atom is -0.490 e. The summed E-state index contributed by atoms with van der Waals surface area (Å²) in [5.74, 6) is 1.27. The van der Waals surface area contributed by atoms with Crippen molar-refractivity contribution in [1.29, 1.82) is 0 Å². The molecule has 0 radical (unpaired) electrons. The third-order valence-corrected chi connectivity index (χ3v) is 6.90. The Bertz CT molecular complexity index is 1600. The lowest BCUT2D eigenvalue weighted by Gasteiger charge is -2.28. The fourth-order valence-electron chi connectivity index (χ4n) is 4.60. The normalized spacial score (nSPS) is 15.1. The number of aliphatic hydroxyl groups excluding tert-OH is 1. The Labute approximate surface area is 272 Å². The van der Waals surface area contributed by atoms with E-state index in [2.05, 4.69) is 21.2 Å². The van der Waals surface area contributed by atoms with E-state index in [1.54, 1.807) is 43.3 Å². The third kappa shape index (κ3) is 9.05. The minimum absolute atomic E-state index is 0.159. The summed E-state index contributed by atoms with van der Waals surface area (Å²) in [6.45, 7) is 6.27. The Balaban J connectivity index is 1.37. The number of nitrogens with one attached hydrogen (secondary N) is 3. The van der Waals surface area contributed by atoms with Crippen molar-refractivity contribution in [3.05, 3.63) is 93.6 Å². The number of hydrazone groups is 1. The molecule has 46 heavy (non-hydrogen) atoms. The van der Waals surface area contributed by atoms with Gasteiger partial charge in [-0.3, -0.25) is 5.43 Å². The maximum atomic E-state index is 12.5. The molecule has 3 aromatic rings. The van der Waals surface area contributed by atoms with E-state index in [0.717, 1.165) is 5.56 Å². The van der Waals surface area contributed by atoms with Crippen molar-refractivity contribution in [2.45, 2.75) is 39.6 Å². The highest BCUT2D eigenvalue weighted by Gasteiger charge is 2.32. The molecule has 1 aliphatic heterocycles. The molecule has 0 spiro atoms. The van der Waals surface area contributed by atoms with Crippen LogP contribution in [-0.4, -0.2) is 56.5 Å². The highest BCUT2D eigenvalue weighted by atomic mass is 35.5. The van der Waals surface area contributed by atoms with Crippen LogP contribution in [0.15, 0.2) is 77.0 Å². The first-order valence-corrected chi connectivity index (χ1v) is 15.0. The monoisotopic (exact) mass is 652 g/mol. The van der Waals surface area contributed by atoms with Crippen LogP contribution in [0.2, 0.25) is 5.02 Å². The fraction of sp³-hybridized carbons (Fsp3) is 0.303. The molecule has 4 N–H and O–H groups in total. The quantitative estimate of drug-likeness (QED) is 0.0783. The molecule has 2 amide bonds. The van der Waals surface area contributed by atoms with Crippen LogP contribution in [0.4, 0.5) is 4.79 Å². The van der Waals surface area contributed by atoms with Crippen LogP contribution < -0.4 is 35.0 Å². The van der Waals surface area contributed by atoms with Gasteiger partial charge in [-0.2, -0.15) is 5.10 Å². The molecule has 1 heterocycles. The van der Waals surface area contributed by atoms with E-state index in [4.69, 9.17) is 35.3 Å². The lowest BCUT2D eigenvalue weighted by atomic mass is 9.95. The molecule has 0 unspecified atom stereocenters. The zero-order chi connectivity index (χ0) is 33.1. The van der Waals surface area contributed by atoms with Gasteiger partial charge in [0.2, 0.25) is 0 Å². The summed E-state index contributed by atoms with van der Waals surface area (Å²) >= 11 is 6.07. The number of amides is 2. The maximum absolute atomic E-state index is 12.5. The molecule has 1 aliphatic rings. The van der Waals surface area contributed by atoms with Crippen molar-refractivity contribution in [2.75, 3.05) is 26.9 Å². The summed E-state index contributed by atoms with van der Waals surface area (Å²) in [5.41, 5.74) is 5.52. The van der Waals surface area contributed by atoms with Gasteiger partial charge in [0.25, 0.3) is 0 Å². The average Bonchev–Trinajstić information content (AvgIpc) is 3.03. The number of esters is 1. The number of hydrogen-bond donors (Lipinski definition) is 4. The minimum atomic E-state index is -1.16. The largest absolute Gasteiger partial charge is 0.490 e. The fourth-order valence-corrected chi connectivity index (χ4v) is 4.81. The van der Waals surface area contributed by atoms with Crippen molar-refractivity contribution in [2.24, 2.45) is 5.10 Å². The average molecular weight is 653 g/mol. The number of carbonyl (C=O) groups is 2. The summed E-state index contributed by atoms with van der Waals surface area (Å²) in [5, 5.41) is 20.6. The Morgan fingerprint density at radius 1 is 1.00 bits per heavy atom. The number of urea groups is 1. The van der Waals surface area contributed by atoms with E-state index in [1.807, 2.05) is 38.1 Å². The third-order valence-electron chi connectivity index (χ3n) is 6.66. The standard InChI is InChI=1S/C33H37ClN4O8/c1-5-43-27-15-21(10-12-25(27)45-18-22-8-7-9-24(34)14-22)17-35-38-29(39)19-46-26-13-11-23(16-28(26)44-6-2)31-30(32(40)42-4)20(3)36-33(41)37-31/h7-17,29,31,38-39H,5-6,18-19H2,1-4H3,(H2,36,37,41)/b35-17+/t29-,31+/m0/s1. The topological polar surface area (TPSA) is 149 Å². The molecule has 0 saturated heterocycles. The van der Waals surface area contributed by atoms with E-state index in [-0.39, 0.29) is 12.2 Å². The zero-order valence-electron chi connectivity index (χ0n) is 26.0. The van der Waals surface area contributed by atoms with Crippen LogP contribution in [0.25, 0.3) is 0 Å². The zero-order valence-corrected chi connectivity index (χ0v) is 26.7. The van der Waals surface area contributed by atoms with Crippen LogP contribution in [0, 0.1) is 0 Å². The molecule has 244 valence electrons. The van der Waals surface area contributed by atoms with Crippen molar-refractivity contribution in [3.63, 3.8) is 0 Å². The first-order chi connectivity index (χ1) is 22.2. The van der Waals surface area contributed by atoms with Gasteiger partial charge < -0.3 is 39.4 Å². The van der Waals surface area contributed by atoms with E-state index in [0.29, 0.717) is 64.7 Å². The SMILES string of the molecule is CCOc1cc(/C=N/N[C@@H](O)COc2ccc([C@H]3NC(=O)NC(C)=C3C(=O)OC)cc2OCC)ccc1OCc1cccc(Cl)c1. The van der Waals surface area contributed by atoms with Crippen molar-refractivity contribution in [1.82, 2.24) is 16.1 Å².